The smallest absolute Gasteiger partial charge is 0.330 e. The molecule has 3 atom stereocenters. The van der Waals surface area contributed by atoms with Gasteiger partial charge in [0.2, 0.25) is 0 Å². The molecular formula is C20H30O5. The SMILES string of the molecule is CCOC(=O)/C=C/C[C@H](C)[C@H](OCc1ccc(OC)cc1)[C@H](C)CO. The van der Waals surface area contributed by atoms with Crippen molar-refractivity contribution in [1.82, 2.24) is 0 Å². The molecule has 0 amide bonds. The Bertz CT molecular complexity index is 523. The number of methoxy groups -OCH3 is 1. The van der Waals surface area contributed by atoms with Gasteiger partial charge in [-0.15, -0.1) is 0 Å². The van der Waals surface area contributed by atoms with Crippen molar-refractivity contribution < 1.29 is 24.1 Å². The summed E-state index contributed by atoms with van der Waals surface area (Å²) in [4.78, 5) is 11.4. The van der Waals surface area contributed by atoms with Crippen LogP contribution in [0.3, 0.4) is 0 Å². The minimum atomic E-state index is -0.333. The monoisotopic (exact) mass is 350 g/mol. The van der Waals surface area contributed by atoms with Crippen molar-refractivity contribution >= 4 is 5.97 Å². The standard InChI is InChI=1S/C20H30O5/c1-5-24-19(22)8-6-7-15(2)20(16(3)13-21)25-14-17-9-11-18(23-4)12-10-17/h6,8-12,15-16,20-21H,5,7,13-14H2,1-4H3/b8-6+/t15-,16+,20-/m0/s1. The van der Waals surface area contributed by atoms with Crippen molar-refractivity contribution in [2.75, 3.05) is 20.3 Å². The van der Waals surface area contributed by atoms with Crippen LogP contribution in [0, 0.1) is 11.8 Å². The molecule has 0 spiro atoms. The molecule has 0 saturated heterocycles. The highest BCUT2D eigenvalue weighted by Gasteiger charge is 2.23. The average Bonchev–Trinajstić information content (AvgIpc) is 2.62. The molecule has 25 heavy (non-hydrogen) atoms. The Labute approximate surface area is 150 Å². The van der Waals surface area contributed by atoms with Crippen LogP contribution in [-0.2, 0) is 20.9 Å². The minimum Gasteiger partial charge on any atom is -0.497 e. The van der Waals surface area contributed by atoms with E-state index in [0.717, 1.165) is 11.3 Å². The third-order valence-electron chi connectivity index (χ3n) is 4.06. The summed E-state index contributed by atoms with van der Waals surface area (Å²) in [6.45, 7) is 6.68. The van der Waals surface area contributed by atoms with Gasteiger partial charge in [0, 0.05) is 18.6 Å². The van der Waals surface area contributed by atoms with E-state index in [2.05, 4.69) is 6.92 Å². The fraction of sp³-hybridized carbons (Fsp3) is 0.550. The van der Waals surface area contributed by atoms with E-state index >= 15 is 0 Å². The van der Waals surface area contributed by atoms with Crippen molar-refractivity contribution in [3.8, 4) is 5.75 Å². The van der Waals surface area contributed by atoms with Gasteiger partial charge in [-0.25, -0.2) is 4.79 Å². The van der Waals surface area contributed by atoms with Gasteiger partial charge in [0.15, 0.2) is 0 Å². The minimum absolute atomic E-state index is 0.00393. The fourth-order valence-electron chi connectivity index (χ4n) is 2.61. The highest BCUT2D eigenvalue weighted by atomic mass is 16.5. The van der Waals surface area contributed by atoms with Crippen molar-refractivity contribution in [3.63, 3.8) is 0 Å². The van der Waals surface area contributed by atoms with Crippen LogP contribution in [0.2, 0.25) is 0 Å². The topological polar surface area (TPSA) is 65.0 Å². The molecule has 0 unspecified atom stereocenters. The number of ether oxygens (including phenoxy) is 3. The number of rotatable bonds is 11. The lowest BCUT2D eigenvalue weighted by Crippen LogP contribution is -2.31. The van der Waals surface area contributed by atoms with Gasteiger partial charge in [0.1, 0.15) is 5.75 Å². The third kappa shape index (κ3) is 7.71. The summed E-state index contributed by atoms with van der Waals surface area (Å²) in [5.41, 5.74) is 1.05. The van der Waals surface area contributed by atoms with Crippen LogP contribution in [0.5, 0.6) is 5.75 Å². The lowest BCUT2D eigenvalue weighted by atomic mass is 9.91. The number of aliphatic hydroxyl groups is 1. The van der Waals surface area contributed by atoms with Crippen molar-refractivity contribution in [2.45, 2.75) is 39.9 Å². The Morgan fingerprint density at radius 3 is 2.44 bits per heavy atom. The summed E-state index contributed by atoms with van der Waals surface area (Å²) in [7, 11) is 1.63. The van der Waals surface area contributed by atoms with Crippen LogP contribution in [0.15, 0.2) is 36.4 Å². The molecule has 1 aromatic carbocycles. The highest BCUT2D eigenvalue weighted by Crippen LogP contribution is 2.22. The predicted molar refractivity (Wildman–Crippen MR) is 97.4 cm³/mol. The van der Waals surface area contributed by atoms with Crippen LogP contribution < -0.4 is 4.74 Å². The molecule has 5 nitrogen and oxygen atoms in total. The normalized spacial score (nSPS) is 14.9. The molecule has 0 fully saturated rings. The summed E-state index contributed by atoms with van der Waals surface area (Å²) >= 11 is 0. The number of esters is 1. The second-order valence-corrected chi connectivity index (χ2v) is 6.15. The maximum Gasteiger partial charge on any atom is 0.330 e. The molecule has 0 aliphatic rings. The highest BCUT2D eigenvalue weighted by molar-refractivity contribution is 5.81. The van der Waals surface area contributed by atoms with Crippen LogP contribution in [-0.4, -0.2) is 37.5 Å². The zero-order valence-electron chi connectivity index (χ0n) is 15.6. The third-order valence-corrected chi connectivity index (χ3v) is 4.06. The lowest BCUT2D eigenvalue weighted by Gasteiger charge is -2.28. The zero-order valence-corrected chi connectivity index (χ0v) is 15.6. The molecule has 0 aliphatic carbocycles. The molecule has 140 valence electrons. The van der Waals surface area contributed by atoms with Gasteiger partial charge in [0.05, 0.1) is 26.4 Å². The molecule has 0 bridgehead atoms. The average molecular weight is 350 g/mol. The van der Waals surface area contributed by atoms with Gasteiger partial charge in [0.25, 0.3) is 0 Å². The van der Waals surface area contributed by atoms with E-state index in [0.29, 0.717) is 19.6 Å². The van der Waals surface area contributed by atoms with Crippen LogP contribution >= 0.6 is 0 Å². The number of benzene rings is 1. The molecule has 0 saturated carbocycles. The first kappa shape index (κ1) is 21.2. The summed E-state index contributed by atoms with van der Waals surface area (Å²) < 4.78 is 16.1. The predicted octanol–water partition coefficient (Wildman–Crippen LogP) is 3.35. The van der Waals surface area contributed by atoms with Gasteiger partial charge >= 0.3 is 5.97 Å². The fourth-order valence-corrected chi connectivity index (χ4v) is 2.61. The number of carbonyl (C=O) groups excluding carboxylic acids is 1. The molecule has 1 N–H and O–H groups in total. The molecule has 5 heteroatoms. The maximum atomic E-state index is 11.4. The van der Waals surface area contributed by atoms with Gasteiger partial charge in [-0.3, -0.25) is 0 Å². The summed E-state index contributed by atoms with van der Waals surface area (Å²) in [6, 6.07) is 7.72. The van der Waals surface area contributed by atoms with Gasteiger partial charge in [-0.2, -0.15) is 0 Å². The molecule has 0 aromatic heterocycles. The van der Waals surface area contributed by atoms with Crippen LogP contribution in [0.1, 0.15) is 32.8 Å². The van der Waals surface area contributed by atoms with E-state index < -0.39 is 0 Å². The molecule has 0 radical (unpaired) electrons. The number of hydrogen-bond donors (Lipinski definition) is 1. The molecule has 0 heterocycles. The van der Waals surface area contributed by atoms with E-state index in [1.807, 2.05) is 31.2 Å². The largest absolute Gasteiger partial charge is 0.497 e. The second kappa shape index (κ2) is 11.7. The number of carbonyl (C=O) groups is 1. The molecule has 1 aromatic rings. The first-order valence-electron chi connectivity index (χ1n) is 8.70. The summed E-state index contributed by atoms with van der Waals surface area (Å²) in [5, 5.41) is 9.51. The van der Waals surface area contributed by atoms with E-state index in [1.54, 1.807) is 20.1 Å². The molecular weight excluding hydrogens is 320 g/mol. The Morgan fingerprint density at radius 1 is 1.20 bits per heavy atom. The number of hydrogen-bond acceptors (Lipinski definition) is 5. The lowest BCUT2D eigenvalue weighted by molar-refractivity contribution is -0.137. The summed E-state index contributed by atoms with van der Waals surface area (Å²) in [5.74, 6) is 0.637. The van der Waals surface area contributed by atoms with E-state index in [1.165, 1.54) is 6.08 Å². The Morgan fingerprint density at radius 2 is 1.88 bits per heavy atom. The van der Waals surface area contributed by atoms with E-state index in [-0.39, 0.29) is 30.5 Å². The second-order valence-electron chi connectivity index (χ2n) is 6.15. The van der Waals surface area contributed by atoms with Gasteiger partial charge in [-0.1, -0.05) is 32.1 Å². The molecule has 0 aliphatic heterocycles. The van der Waals surface area contributed by atoms with Gasteiger partial charge < -0.3 is 19.3 Å². The van der Waals surface area contributed by atoms with Crippen molar-refractivity contribution in [1.29, 1.82) is 0 Å². The summed E-state index contributed by atoms with van der Waals surface area (Å²) in [6.07, 6.45) is 3.82. The van der Waals surface area contributed by atoms with E-state index in [4.69, 9.17) is 14.2 Å². The zero-order chi connectivity index (χ0) is 18.7. The van der Waals surface area contributed by atoms with E-state index in [9.17, 15) is 9.90 Å². The Balaban J connectivity index is 2.61. The van der Waals surface area contributed by atoms with Gasteiger partial charge in [-0.05, 0) is 37.0 Å². The van der Waals surface area contributed by atoms with Crippen LogP contribution in [0.4, 0.5) is 0 Å². The van der Waals surface area contributed by atoms with Crippen molar-refractivity contribution in [3.05, 3.63) is 42.0 Å². The number of aliphatic hydroxyl groups excluding tert-OH is 1. The quantitative estimate of drug-likeness (QED) is 0.490. The first-order chi connectivity index (χ1) is 12.0. The molecule has 1 rings (SSSR count). The number of allylic oxidation sites excluding steroid dienone is 1. The van der Waals surface area contributed by atoms with Crippen LogP contribution in [0.25, 0.3) is 0 Å². The maximum absolute atomic E-state index is 11.4. The Kier molecular flexibility index (Phi) is 9.88. The first-order valence-corrected chi connectivity index (χ1v) is 8.70. The van der Waals surface area contributed by atoms with Crippen molar-refractivity contribution in [2.24, 2.45) is 11.8 Å². The Hall–Kier alpha value is -1.85.